The van der Waals surface area contributed by atoms with Crippen molar-refractivity contribution in [2.24, 2.45) is 0 Å². The van der Waals surface area contributed by atoms with Gasteiger partial charge in [0.15, 0.2) is 17.6 Å². The highest BCUT2D eigenvalue weighted by Gasteiger charge is 2.48. The number of hydrogen-bond donors (Lipinski definition) is 14. The summed E-state index contributed by atoms with van der Waals surface area (Å²) in [5.41, 5.74) is 0.0748. The van der Waals surface area contributed by atoms with Crippen molar-refractivity contribution in [2.75, 3.05) is 19.8 Å². The molecule has 3 saturated heterocycles. The molecule has 16 atom stereocenters. The maximum atomic E-state index is 10.8. The highest BCUT2D eigenvalue weighted by atomic mass is 16.7. The molecule has 54 heavy (non-hydrogen) atoms. The van der Waals surface area contributed by atoms with Gasteiger partial charge < -0.3 is 105 Å². The van der Waals surface area contributed by atoms with E-state index in [4.69, 9.17) is 33.2 Å². The lowest BCUT2D eigenvalue weighted by Crippen LogP contribution is -2.60. The number of phenols is 2. The minimum Gasteiger partial charge on any atom is -0.508 e. The maximum absolute atomic E-state index is 10.8. The molecule has 16 unspecified atom stereocenters. The third kappa shape index (κ3) is 7.62. The SMILES string of the molecule is OCC1OC(OC2=Cc3c(cc(O)cc3OC3OC(CO)C(O)C(O)C3O)OC2c2ccc(O)c(OC3OC(CO)C(O)C(O)C3O)c2)C(O)C(O)C1O. The summed E-state index contributed by atoms with van der Waals surface area (Å²) in [5, 5.41) is 144. The Kier molecular flexibility index (Phi) is 12.0. The molecule has 6 rings (SSSR count). The van der Waals surface area contributed by atoms with E-state index in [0.29, 0.717) is 0 Å². The van der Waals surface area contributed by atoms with Crippen molar-refractivity contribution >= 4 is 6.08 Å². The van der Waals surface area contributed by atoms with Crippen LogP contribution in [-0.4, -0.2) is 183 Å². The fraction of sp³-hybridized carbons (Fsp3) is 0.576. The largest absolute Gasteiger partial charge is 0.508 e. The third-order valence-electron chi connectivity index (χ3n) is 9.45. The van der Waals surface area contributed by atoms with Crippen LogP contribution in [0.3, 0.4) is 0 Å². The second-order valence-corrected chi connectivity index (χ2v) is 13.1. The smallest absolute Gasteiger partial charge is 0.229 e. The Balaban J connectivity index is 1.38. The summed E-state index contributed by atoms with van der Waals surface area (Å²) in [6.45, 7) is -2.32. The normalized spacial score (nSPS) is 39.5. The zero-order chi connectivity index (χ0) is 39.2. The number of aliphatic hydroxyl groups is 12. The first-order valence-electron chi connectivity index (χ1n) is 16.7. The van der Waals surface area contributed by atoms with E-state index in [1.165, 1.54) is 18.2 Å². The Labute approximate surface area is 304 Å². The monoisotopic (exact) mass is 774 g/mol. The van der Waals surface area contributed by atoms with Crippen molar-refractivity contribution in [3.63, 3.8) is 0 Å². The van der Waals surface area contributed by atoms with Crippen LogP contribution in [0.4, 0.5) is 0 Å². The average Bonchev–Trinajstić information content (AvgIpc) is 3.16. The number of phenolic OH excluding ortho intramolecular Hbond substituents is 2. The molecule has 0 radical (unpaired) electrons. The Morgan fingerprint density at radius 2 is 0.981 bits per heavy atom. The van der Waals surface area contributed by atoms with Crippen LogP contribution in [-0.2, 0) is 18.9 Å². The first-order valence-corrected chi connectivity index (χ1v) is 16.7. The quantitative estimate of drug-likeness (QED) is 0.107. The number of aliphatic hydroxyl groups excluding tert-OH is 12. The lowest BCUT2D eigenvalue weighted by molar-refractivity contribution is -0.293. The Morgan fingerprint density at radius 1 is 0.519 bits per heavy atom. The Morgan fingerprint density at radius 3 is 1.46 bits per heavy atom. The molecular weight excluding hydrogens is 732 g/mol. The number of hydrogen-bond acceptors (Lipinski definition) is 21. The molecule has 21 nitrogen and oxygen atoms in total. The zero-order valence-electron chi connectivity index (χ0n) is 27.9. The fourth-order valence-electron chi connectivity index (χ4n) is 6.32. The summed E-state index contributed by atoms with van der Waals surface area (Å²) >= 11 is 0. The molecule has 0 bridgehead atoms. The van der Waals surface area contributed by atoms with Gasteiger partial charge in [-0.05, 0) is 18.2 Å². The average molecular weight is 775 g/mol. The van der Waals surface area contributed by atoms with Gasteiger partial charge in [-0.2, -0.15) is 0 Å². The molecule has 0 aromatic heterocycles. The van der Waals surface area contributed by atoms with Crippen molar-refractivity contribution in [3.8, 4) is 28.7 Å². The van der Waals surface area contributed by atoms with Crippen LogP contribution >= 0.6 is 0 Å². The highest BCUT2D eigenvalue weighted by Crippen LogP contribution is 2.47. The van der Waals surface area contributed by atoms with Crippen LogP contribution in [0.1, 0.15) is 17.2 Å². The molecule has 300 valence electrons. The first-order chi connectivity index (χ1) is 25.7. The van der Waals surface area contributed by atoms with E-state index in [2.05, 4.69) is 0 Å². The highest BCUT2D eigenvalue weighted by molar-refractivity contribution is 5.70. The lowest BCUT2D eigenvalue weighted by Gasteiger charge is -2.41. The summed E-state index contributed by atoms with van der Waals surface area (Å²) in [7, 11) is 0. The molecule has 21 heteroatoms. The van der Waals surface area contributed by atoms with Gasteiger partial charge in [0.2, 0.25) is 18.9 Å². The van der Waals surface area contributed by atoms with Crippen molar-refractivity contribution in [3.05, 3.63) is 47.2 Å². The van der Waals surface area contributed by atoms with E-state index >= 15 is 0 Å². The van der Waals surface area contributed by atoms with Gasteiger partial charge in [-0.1, -0.05) is 6.07 Å². The second kappa shape index (κ2) is 16.2. The van der Waals surface area contributed by atoms with Crippen LogP contribution in [0.2, 0.25) is 0 Å². The van der Waals surface area contributed by atoms with Crippen molar-refractivity contribution in [1.29, 1.82) is 0 Å². The van der Waals surface area contributed by atoms with Gasteiger partial charge in [0.05, 0.1) is 25.4 Å². The summed E-state index contributed by atoms with van der Waals surface area (Å²) in [6.07, 6.45) is -25.7. The summed E-state index contributed by atoms with van der Waals surface area (Å²) in [5.74, 6) is -1.97. The van der Waals surface area contributed by atoms with Crippen molar-refractivity contribution < 1.29 is 105 Å². The third-order valence-corrected chi connectivity index (χ3v) is 9.45. The number of rotatable bonds is 10. The van der Waals surface area contributed by atoms with Gasteiger partial charge in [-0.3, -0.25) is 0 Å². The molecule has 4 heterocycles. The number of benzene rings is 2. The topological polar surface area (TPSA) is 348 Å². The van der Waals surface area contributed by atoms with Crippen LogP contribution < -0.4 is 14.2 Å². The first kappa shape index (κ1) is 40.1. The zero-order valence-corrected chi connectivity index (χ0v) is 27.9. The molecule has 0 aliphatic carbocycles. The van der Waals surface area contributed by atoms with E-state index in [1.807, 2.05) is 0 Å². The molecule has 0 spiro atoms. The van der Waals surface area contributed by atoms with Gasteiger partial charge in [0, 0.05) is 17.7 Å². The van der Waals surface area contributed by atoms with E-state index in [0.717, 1.165) is 18.2 Å². The number of ether oxygens (including phenoxy) is 7. The van der Waals surface area contributed by atoms with Gasteiger partial charge >= 0.3 is 0 Å². The maximum Gasteiger partial charge on any atom is 0.229 e. The minimum absolute atomic E-state index is 0.0165. The molecule has 14 N–H and O–H groups in total. The van der Waals surface area contributed by atoms with Gasteiger partial charge in [-0.25, -0.2) is 0 Å². The number of aromatic hydroxyl groups is 2. The molecule has 0 amide bonds. The van der Waals surface area contributed by atoms with Gasteiger partial charge in [0.1, 0.15) is 96.3 Å². The standard InChI is InChI=1S/C33H42O21/c34-7-18-21(39)24(42)27(45)31(52-18)49-15-5-11(37)4-14-12(15)6-17(51-33-29(47)26(44)23(41)20(9-36)54-33)30(48-14)10-1-2-13(38)16(3-10)50-32-28(46)25(43)22(40)19(8-35)53-32/h1-6,18-47H,7-9H2. The van der Waals surface area contributed by atoms with E-state index in [9.17, 15) is 71.5 Å². The van der Waals surface area contributed by atoms with Crippen LogP contribution in [0, 0.1) is 0 Å². The van der Waals surface area contributed by atoms with E-state index in [1.54, 1.807) is 0 Å². The summed E-state index contributed by atoms with van der Waals surface area (Å²) < 4.78 is 40.0. The molecule has 2 aromatic rings. The van der Waals surface area contributed by atoms with E-state index < -0.39 is 130 Å². The Hall–Kier alpha value is -3.62. The van der Waals surface area contributed by atoms with Gasteiger partial charge in [-0.15, -0.1) is 0 Å². The molecular formula is C33H42O21. The van der Waals surface area contributed by atoms with E-state index in [-0.39, 0.29) is 34.1 Å². The Bertz CT molecular complexity index is 1640. The minimum atomic E-state index is -1.90. The molecule has 0 saturated carbocycles. The number of fused-ring (bicyclic) bond motifs is 1. The summed E-state index contributed by atoms with van der Waals surface area (Å²) in [4.78, 5) is 0. The van der Waals surface area contributed by atoms with Crippen LogP contribution in [0.15, 0.2) is 36.1 Å². The fourth-order valence-corrected chi connectivity index (χ4v) is 6.32. The molecule has 4 aliphatic heterocycles. The molecule has 3 fully saturated rings. The molecule has 4 aliphatic rings. The van der Waals surface area contributed by atoms with Crippen molar-refractivity contribution in [2.45, 2.75) is 98.2 Å². The summed E-state index contributed by atoms with van der Waals surface area (Å²) in [6, 6.07) is 5.86. The second-order valence-electron chi connectivity index (χ2n) is 13.1. The predicted octanol–water partition coefficient (Wildman–Crippen LogP) is -5.25. The molecule has 2 aromatic carbocycles. The van der Waals surface area contributed by atoms with Crippen LogP contribution in [0.25, 0.3) is 6.08 Å². The van der Waals surface area contributed by atoms with Crippen LogP contribution in [0.5, 0.6) is 28.7 Å². The lowest BCUT2D eigenvalue weighted by atomic mass is 9.98. The predicted molar refractivity (Wildman–Crippen MR) is 171 cm³/mol. The van der Waals surface area contributed by atoms with Crippen molar-refractivity contribution in [1.82, 2.24) is 0 Å². The van der Waals surface area contributed by atoms with Gasteiger partial charge in [0.25, 0.3) is 0 Å².